The molecular formula is C12H20O. The predicted octanol–water partition coefficient (Wildman–Crippen LogP) is 4.01. The highest BCUT2D eigenvalue weighted by molar-refractivity contribution is 5.26. The van der Waals surface area contributed by atoms with Crippen LogP contribution in [0.15, 0.2) is 10.5 Å². The summed E-state index contributed by atoms with van der Waals surface area (Å²) < 4.78 is 5.84. The summed E-state index contributed by atoms with van der Waals surface area (Å²) in [4.78, 5) is 0. The monoisotopic (exact) mass is 180 g/mol. The minimum atomic E-state index is 0.122. The van der Waals surface area contributed by atoms with Crippen LogP contribution in [0.3, 0.4) is 0 Å². The van der Waals surface area contributed by atoms with E-state index in [4.69, 9.17) is 4.42 Å². The molecule has 0 amide bonds. The van der Waals surface area contributed by atoms with Crippen molar-refractivity contribution in [1.82, 2.24) is 0 Å². The highest BCUT2D eigenvalue weighted by Gasteiger charge is 2.22. The van der Waals surface area contributed by atoms with Crippen molar-refractivity contribution in [2.45, 2.75) is 52.9 Å². The standard InChI is InChI=1S/C12H20O/c1-8(2)10-7-9(3)11(13-10)12(4,5)6/h7-8H,1-6H3. The zero-order valence-electron chi connectivity index (χ0n) is 9.56. The van der Waals surface area contributed by atoms with Gasteiger partial charge in [0.15, 0.2) is 0 Å². The Morgan fingerprint density at radius 1 is 1.23 bits per heavy atom. The maximum atomic E-state index is 5.84. The molecule has 0 radical (unpaired) electrons. The number of hydrogen-bond acceptors (Lipinski definition) is 1. The first-order chi connectivity index (χ1) is 5.82. The van der Waals surface area contributed by atoms with Crippen LogP contribution < -0.4 is 0 Å². The molecule has 1 aromatic heterocycles. The van der Waals surface area contributed by atoms with E-state index >= 15 is 0 Å². The van der Waals surface area contributed by atoms with Crippen molar-refractivity contribution in [2.75, 3.05) is 0 Å². The molecular weight excluding hydrogens is 160 g/mol. The third-order valence-corrected chi connectivity index (χ3v) is 2.19. The van der Waals surface area contributed by atoms with Gasteiger partial charge in [-0.3, -0.25) is 0 Å². The van der Waals surface area contributed by atoms with Crippen molar-refractivity contribution in [3.8, 4) is 0 Å². The van der Waals surface area contributed by atoms with Gasteiger partial charge >= 0.3 is 0 Å². The normalized spacial score (nSPS) is 12.5. The van der Waals surface area contributed by atoms with Gasteiger partial charge in [-0.1, -0.05) is 34.6 Å². The number of furan rings is 1. The van der Waals surface area contributed by atoms with Gasteiger partial charge in [0.1, 0.15) is 11.5 Å². The molecule has 0 aromatic carbocycles. The van der Waals surface area contributed by atoms with E-state index in [1.807, 2.05) is 0 Å². The van der Waals surface area contributed by atoms with Crippen LogP contribution in [0.1, 0.15) is 57.6 Å². The Hall–Kier alpha value is -0.720. The quantitative estimate of drug-likeness (QED) is 0.636. The van der Waals surface area contributed by atoms with Crippen molar-refractivity contribution < 1.29 is 4.42 Å². The molecule has 0 saturated carbocycles. The van der Waals surface area contributed by atoms with Crippen LogP contribution in [0.2, 0.25) is 0 Å². The average molecular weight is 180 g/mol. The lowest BCUT2D eigenvalue weighted by Gasteiger charge is -2.16. The molecule has 0 atom stereocenters. The van der Waals surface area contributed by atoms with E-state index in [-0.39, 0.29) is 5.41 Å². The van der Waals surface area contributed by atoms with Crippen LogP contribution >= 0.6 is 0 Å². The molecule has 0 bridgehead atoms. The van der Waals surface area contributed by atoms with Gasteiger partial charge < -0.3 is 4.42 Å². The molecule has 0 unspecified atom stereocenters. The molecule has 1 heterocycles. The Bertz CT molecular complexity index is 287. The van der Waals surface area contributed by atoms with E-state index in [9.17, 15) is 0 Å². The first-order valence-corrected chi connectivity index (χ1v) is 4.93. The predicted molar refractivity (Wildman–Crippen MR) is 56.2 cm³/mol. The number of hydrogen-bond donors (Lipinski definition) is 0. The molecule has 1 aromatic rings. The van der Waals surface area contributed by atoms with Gasteiger partial charge in [0.2, 0.25) is 0 Å². The Morgan fingerprint density at radius 2 is 1.77 bits per heavy atom. The van der Waals surface area contributed by atoms with Crippen LogP contribution in [0.5, 0.6) is 0 Å². The second kappa shape index (κ2) is 3.21. The second-order valence-corrected chi connectivity index (χ2v) is 5.07. The van der Waals surface area contributed by atoms with Crippen LogP contribution in [0.4, 0.5) is 0 Å². The van der Waals surface area contributed by atoms with Crippen LogP contribution in [0, 0.1) is 6.92 Å². The van der Waals surface area contributed by atoms with E-state index in [2.05, 4.69) is 47.6 Å². The topological polar surface area (TPSA) is 13.1 Å². The van der Waals surface area contributed by atoms with Crippen LogP contribution in [0.25, 0.3) is 0 Å². The Labute approximate surface area is 81.1 Å². The average Bonchev–Trinajstić information content (AvgIpc) is 2.29. The summed E-state index contributed by atoms with van der Waals surface area (Å²) in [5.74, 6) is 2.70. The molecule has 0 aliphatic heterocycles. The molecule has 1 rings (SSSR count). The van der Waals surface area contributed by atoms with Gasteiger partial charge in [-0.25, -0.2) is 0 Å². The lowest BCUT2D eigenvalue weighted by molar-refractivity contribution is 0.375. The maximum absolute atomic E-state index is 5.84. The van der Waals surface area contributed by atoms with Crippen LogP contribution in [-0.4, -0.2) is 0 Å². The largest absolute Gasteiger partial charge is 0.465 e. The Morgan fingerprint density at radius 3 is 2.00 bits per heavy atom. The summed E-state index contributed by atoms with van der Waals surface area (Å²) in [5.41, 5.74) is 1.40. The summed E-state index contributed by atoms with van der Waals surface area (Å²) >= 11 is 0. The molecule has 13 heavy (non-hydrogen) atoms. The fraction of sp³-hybridized carbons (Fsp3) is 0.667. The van der Waals surface area contributed by atoms with Crippen molar-refractivity contribution in [1.29, 1.82) is 0 Å². The van der Waals surface area contributed by atoms with Gasteiger partial charge in [-0.05, 0) is 18.6 Å². The first-order valence-electron chi connectivity index (χ1n) is 4.93. The fourth-order valence-electron chi connectivity index (χ4n) is 1.54. The van der Waals surface area contributed by atoms with E-state index in [0.29, 0.717) is 5.92 Å². The highest BCUT2D eigenvalue weighted by atomic mass is 16.3. The zero-order chi connectivity index (χ0) is 10.2. The molecule has 0 aliphatic carbocycles. The Balaban J connectivity index is 3.11. The number of rotatable bonds is 1. The molecule has 0 N–H and O–H groups in total. The minimum Gasteiger partial charge on any atom is -0.465 e. The van der Waals surface area contributed by atoms with E-state index in [1.54, 1.807) is 0 Å². The lowest BCUT2D eigenvalue weighted by Crippen LogP contribution is -2.10. The lowest BCUT2D eigenvalue weighted by atomic mass is 9.91. The van der Waals surface area contributed by atoms with Gasteiger partial charge in [-0.2, -0.15) is 0 Å². The van der Waals surface area contributed by atoms with Crippen molar-refractivity contribution in [2.24, 2.45) is 0 Å². The van der Waals surface area contributed by atoms with E-state index < -0.39 is 0 Å². The zero-order valence-corrected chi connectivity index (χ0v) is 9.56. The molecule has 0 aliphatic rings. The van der Waals surface area contributed by atoms with Crippen LogP contribution in [-0.2, 0) is 5.41 Å². The Kier molecular flexibility index (Phi) is 2.56. The van der Waals surface area contributed by atoms with Gasteiger partial charge in [-0.15, -0.1) is 0 Å². The van der Waals surface area contributed by atoms with E-state index in [0.717, 1.165) is 11.5 Å². The van der Waals surface area contributed by atoms with Crippen molar-refractivity contribution in [3.63, 3.8) is 0 Å². The van der Waals surface area contributed by atoms with Crippen molar-refractivity contribution >= 4 is 0 Å². The maximum Gasteiger partial charge on any atom is 0.112 e. The van der Waals surface area contributed by atoms with Crippen molar-refractivity contribution in [3.05, 3.63) is 23.2 Å². The smallest absolute Gasteiger partial charge is 0.112 e. The summed E-state index contributed by atoms with van der Waals surface area (Å²) in [7, 11) is 0. The summed E-state index contributed by atoms with van der Waals surface area (Å²) in [6.07, 6.45) is 0. The number of aryl methyl sites for hydroxylation is 1. The SMILES string of the molecule is Cc1cc(C(C)C)oc1C(C)(C)C. The summed E-state index contributed by atoms with van der Waals surface area (Å²) in [6.45, 7) is 13.0. The molecule has 1 nitrogen and oxygen atoms in total. The molecule has 74 valence electrons. The third-order valence-electron chi connectivity index (χ3n) is 2.19. The third kappa shape index (κ3) is 2.15. The highest BCUT2D eigenvalue weighted by Crippen LogP contribution is 2.30. The molecule has 0 fully saturated rings. The molecule has 0 spiro atoms. The van der Waals surface area contributed by atoms with Gasteiger partial charge in [0.05, 0.1) is 0 Å². The van der Waals surface area contributed by atoms with Gasteiger partial charge in [0, 0.05) is 11.3 Å². The fourth-order valence-corrected chi connectivity index (χ4v) is 1.54. The summed E-state index contributed by atoms with van der Waals surface area (Å²) in [6, 6.07) is 2.16. The second-order valence-electron chi connectivity index (χ2n) is 5.07. The first kappa shape index (κ1) is 10.4. The summed E-state index contributed by atoms with van der Waals surface area (Å²) in [5, 5.41) is 0. The molecule has 0 saturated heterocycles. The molecule has 1 heteroatoms. The van der Waals surface area contributed by atoms with Gasteiger partial charge in [0.25, 0.3) is 0 Å². The minimum absolute atomic E-state index is 0.122. The van der Waals surface area contributed by atoms with E-state index in [1.165, 1.54) is 5.56 Å².